The van der Waals surface area contributed by atoms with Crippen molar-refractivity contribution in [3.63, 3.8) is 0 Å². The van der Waals surface area contributed by atoms with E-state index in [0.717, 1.165) is 16.5 Å². The first kappa shape index (κ1) is 5.07. The van der Waals surface area contributed by atoms with Gasteiger partial charge in [-0.3, -0.25) is 0 Å². The van der Waals surface area contributed by atoms with Crippen molar-refractivity contribution in [1.82, 2.24) is 10.2 Å². The molecule has 0 aliphatic carbocycles. The average Bonchev–Trinajstić information content (AvgIpc) is 2.21. The molecule has 0 N–H and O–H groups in total. The van der Waals surface area contributed by atoms with Gasteiger partial charge in [-0.25, -0.2) is 0 Å². The van der Waals surface area contributed by atoms with Crippen molar-refractivity contribution in [2.45, 2.75) is 0 Å². The normalized spacial score (nSPS) is 11.6. The molecule has 0 bridgehead atoms. The Labute approximate surface area is 62.0 Å². The van der Waals surface area contributed by atoms with Crippen molar-refractivity contribution in [3.8, 4) is 0 Å². The molecule has 0 unspecified atom stereocenters. The fourth-order valence-corrected chi connectivity index (χ4v) is 1.24. The lowest BCUT2D eigenvalue weighted by Crippen LogP contribution is -1.71. The minimum atomic E-state index is 0.659. The molecule has 0 amide bonds. The second-order valence-electron chi connectivity index (χ2n) is 2.45. The topological polar surface area (TPSA) is 38.9 Å². The first-order chi connectivity index (χ1) is 5.45. The molecule has 0 atom stereocenters. The predicted octanol–water partition coefficient (Wildman–Crippen LogP) is 1.81. The van der Waals surface area contributed by atoms with Gasteiger partial charge in [0.15, 0.2) is 0 Å². The maximum absolute atomic E-state index is 5.20. The summed E-state index contributed by atoms with van der Waals surface area (Å²) in [5.41, 5.74) is 2.45. The summed E-state index contributed by atoms with van der Waals surface area (Å²) in [6.07, 6.45) is 0. The van der Waals surface area contributed by atoms with Gasteiger partial charge in [-0.15, -0.1) is 10.2 Å². The summed E-state index contributed by atoms with van der Waals surface area (Å²) in [5.74, 6) is 0. The van der Waals surface area contributed by atoms with Crippen LogP contribution < -0.4 is 0 Å². The van der Waals surface area contributed by atoms with E-state index in [4.69, 9.17) is 4.42 Å². The van der Waals surface area contributed by atoms with Crippen LogP contribution in [0.3, 0.4) is 0 Å². The third-order valence-electron chi connectivity index (χ3n) is 1.78. The minimum Gasteiger partial charge on any atom is -0.436 e. The first-order valence-electron chi connectivity index (χ1n) is 3.38. The van der Waals surface area contributed by atoms with E-state index in [1.807, 2.05) is 24.3 Å². The molecule has 0 spiro atoms. The van der Waals surface area contributed by atoms with Crippen molar-refractivity contribution in [2.24, 2.45) is 0 Å². The molecule has 3 aromatic rings. The molecule has 52 valence electrons. The van der Waals surface area contributed by atoms with Crippen LogP contribution in [-0.4, -0.2) is 10.2 Å². The second-order valence-corrected chi connectivity index (χ2v) is 2.45. The van der Waals surface area contributed by atoms with Crippen LogP contribution in [0.25, 0.3) is 22.2 Å². The van der Waals surface area contributed by atoms with E-state index in [-0.39, 0.29) is 0 Å². The van der Waals surface area contributed by atoms with Gasteiger partial charge in [0.1, 0.15) is 16.5 Å². The lowest BCUT2D eigenvalue weighted by atomic mass is 10.3. The number of aromatic nitrogens is 2. The van der Waals surface area contributed by atoms with Crippen LogP contribution in [0, 0.1) is 0 Å². The lowest BCUT2D eigenvalue weighted by molar-refractivity contribution is 0.626. The highest BCUT2D eigenvalue weighted by Gasteiger charge is 2.11. The van der Waals surface area contributed by atoms with E-state index in [0.29, 0.717) is 5.71 Å². The molecule has 1 aromatic carbocycles. The van der Waals surface area contributed by atoms with E-state index in [9.17, 15) is 0 Å². The first-order valence-corrected chi connectivity index (χ1v) is 3.38. The average molecular weight is 144 g/mol. The third-order valence-corrected chi connectivity index (χ3v) is 1.78. The van der Waals surface area contributed by atoms with Gasteiger partial charge >= 0.3 is 0 Å². The van der Waals surface area contributed by atoms with Gasteiger partial charge in [-0.2, -0.15) is 0 Å². The zero-order valence-electron chi connectivity index (χ0n) is 5.61. The highest BCUT2D eigenvalue weighted by Crippen LogP contribution is 2.27. The second kappa shape index (κ2) is 1.50. The van der Waals surface area contributed by atoms with E-state index < -0.39 is 0 Å². The molecule has 2 heterocycles. The molecule has 3 heteroatoms. The standard InChI is InChI=1S/C8H4N2O/c1-2-4-6-7-5(3-1)9-10-8(7)11-6/h1-4H. The fraction of sp³-hybridized carbons (Fsp3) is 0. The molecule has 11 heavy (non-hydrogen) atoms. The summed E-state index contributed by atoms with van der Waals surface area (Å²) in [5, 5.41) is 8.81. The van der Waals surface area contributed by atoms with Gasteiger partial charge in [0.25, 0.3) is 5.71 Å². The minimum absolute atomic E-state index is 0.659. The van der Waals surface area contributed by atoms with Gasteiger partial charge in [0, 0.05) is 0 Å². The van der Waals surface area contributed by atoms with Crippen LogP contribution >= 0.6 is 0 Å². The number of rotatable bonds is 0. The monoisotopic (exact) mass is 144 g/mol. The summed E-state index contributed by atoms with van der Waals surface area (Å²) < 4.78 is 5.20. The zero-order chi connectivity index (χ0) is 7.26. The van der Waals surface area contributed by atoms with Crippen LogP contribution in [0.2, 0.25) is 0 Å². The zero-order valence-corrected chi connectivity index (χ0v) is 5.61. The maximum Gasteiger partial charge on any atom is 0.252 e. The lowest BCUT2D eigenvalue weighted by Gasteiger charge is -1.92. The quantitative estimate of drug-likeness (QED) is 0.483. The summed E-state index contributed by atoms with van der Waals surface area (Å²) in [6, 6.07) is 7.70. The smallest absolute Gasteiger partial charge is 0.252 e. The predicted molar refractivity (Wildman–Crippen MR) is 40.5 cm³/mol. The fourth-order valence-electron chi connectivity index (χ4n) is 1.24. The summed E-state index contributed by atoms with van der Waals surface area (Å²) >= 11 is 0. The van der Waals surface area contributed by atoms with Gasteiger partial charge < -0.3 is 4.42 Å². The molecule has 3 nitrogen and oxygen atoms in total. The van der Waals surface area contributed by atoms with Gasteiger partial charge in [-0.05, 0) is 12.1 Å². The molecule has 2 aromatic heterocycles. The van der Waals surface area contributed by atoms with E-state index in [1.54, 1.807) is 0 Å². The van der Waals surface area contributed by atoms with Gasteiger partial charge in [0.05, 0.1) is 0 Å². The molecule has 3 rings (SSSR count). The Bertz CT molecular complexity index is 495. The molecule has 0 aliphatic heterocycles. The SMILES string of the molecule is c1ccc2oc3nnc(c1)c23. The summed E-state index contributed by atoms with van der Waals surface area (Å²) in [7, 11) is 0. The molecule has 0 saturated heterocycles. The summed E-state index contributed by atoms with van der Waals surface area (Å²) in [6.45, 7) is 0. The van der Waals surface area contributed by atoms with Crippen LogP contribution in [-0.2, 0) is 0 Å². The van der Waals surface area contributed by atoms with Crippen LogP contribution in [0.1, 0.15) is 0 Å². The van der Waals surface area contributed by atoms with Crippen molar-refractivity contribution in [1.29, 1.82) is 0 Å². The van der Waals surface area contributed by atoms with Crippen molar-refractivity contribution in [2.75, 3.05) is 0 Å². The van der Waals surface area contributed by atoms with Crippen LogP contribution in [0.4, 0.5) is 0 Å². The van der Waals surface area contributed by atoms with Crippen molar-refractivity contribution >= 4 is 22.2 Å². The molecule has 0 saturated carbocycles. The number of nitrogens with zero attached hydrogens (tertiary/aromatic N) is 2. The molecule has 0 radical (unpaired) electrons. The Balaban J connectivity index is 2.73. The number of hydrogen-bond acceptors (Lipinski definition) is 3. The summed E-state index contributed by atoms with van der Waals surface area (Å²) in [4.78, 5) is 0. The Hall–Kier alpha value is -1.64. The third kappa shape index (κ3) is 0.487. The molecule has 0 aliphatic rings. The van der Waals surface area contributed by atoms with Crippen molar-refractivity contribution < 1.29 is 4.42 Å². The van der Waals surface area contributed by atoms with Crippen molar-refractivity contribution in [3.05, 3.63) is 24.3 Å². The van der Waals surface area contributed by atoms with E-state index >= 15 is 0 Å². The Kier molecular flexibility index (Phi) is 0.692. The van der Waals surface area contributed by atoms with E-state index in [2.05, 4.69) is 10.2 Å². The highest BCUT2D eigenvalue weighted by atomic mass is 16.4. The largest absolute Gasteiger partial charge is 0.436 e. The Morgan fingerprint density at radius 1 is 1.09 bits per heavy atom. The van der Waals surface area contributed by atoms with Crippen LogP contribution in [0.5, 0.6) is 0 Å². The van der Waals surface area contributed by atoms with Gasteiger partial charge in [-0.1, -0.05) is 12.1 Å². The van der Waals surface area contributed by atoms with E-state index in [1.165, 1.54) is 0 Å². The maximum atomic E-state index is 5.20. The molecular formula is C8H4N2O. The Morgan fingerprint density at radius 3 is 3.00 bits per heavy atom. The highest BCUT2D eigenvalue weighted by molar-refractivity contribution is 6.05. The molecule has 0 fully saturated rings. The van der Waals surface area contributed by atoms with Crippen LogP contribution in [0.15, 0.2) is 28.7 Å². The van der Waals surface area contributed by atoms with Gasteiger partial charge in [0.2, 0.25) is 0 Å². The molecular weight excluding hydrogens is 140 g/mol. The number of hydrogen-bond donors (Lipinski definition) is 0. The Morgan fingerprint density at radius 2 is 2.00 bits per heavy atom.